The summed E-state index contributed by atoms with van der Waals surface area (Å²) in [6.07, 6.45) is 5.86. The Morgan fingerprint density at radius 2 is 1.65 bits per heavy atom. The summed E-state index contributed by atoms with van der Waals surface area (Å²) in [5, 5.41) is 3.14. The van der Waals surface area contributed by atoms with Gasteiger partial charge in [0.05, 0.1) is 6.04 Å². The third-order valence-corrected chi connectivity index (χ3v) is 7.26. The number of nitrogens with one attached hydrogen (secondary N) is 1. The third kappa shape index (κ3) is 6.19. The highest BCUT2D eigenvalue weighted by Gasteiger charge is 2.28. The second-order valence-electron chi connectivity index (χ2n) is 9.77. The molecule has 1 saturated carbocycles. The number of carbonyl (C=O) groups is 2. The summed E-state index contributed by atoms with van der Waals surface area (Å²) >= 11 is 0. The van der Waals surface area contributed by atoms with Gasteiger partial charge in [0.2, 0.25) is 11.8 Å². The lowest BCUT2D eigenvalue weighted by molar-refractivity contribution is -0.138. The molecule has 0 saturated heterocycles. The SMILES string of the molecule is CCC(CC)C(=O)N(Cc1cc(NC(=O)C2CCCC2)ccc1N(C)C)C(C)c1ccccc1. The molecule has 1 unspecified atom stereocenters. The summed E-state index contributed by atoms with van der Waals surface area (Å²) in [5.41, 5.74) is 4.02. The van der Waals surface area contributed by atoms with E-state index in [-0.39, 0.29) is 29.7 Å². The zero-order valence-electron chi connectivity index (χ0n) is 21.5. The quantitative estimate of drug-likeness (QED) is 0.443. The Kier molecular flexibility index (Phi) is 9.14. The van der Waals surface area contributed by atoms with Crippen molar-refractivity contribution in [3.05, 3.63) is 59.7 Å². The maximum Gasteiger partial charge on any atom is 0.227 e. The van der Waals surface area contributed by atoms with Gasteiger partial charge >= 0.3 is 0 Å². The van der Waals surface area contributed by atoms with Crippen LogP contribution in [-0.2, 0) is 16.1 Å². The monoisotopic (exact) mass is 463 g/mol. The van der Waals surface area contributed by atoms with Crippen LogP contribution in [0.15, 0.2) is 48.5 Å². The van der Waals surface area contributed by atoms with Gasteiger partial charge in [-0.15, -0.1) is 0 Å². The molecule has 0 aromatic heterocycles. The summed E-state index contributed by atoms with van der Waals surface area (Å²) in [5.74, 6) is 0.414. The molecule has 3 rings (SSSR count). The lowest BCUT2D eigenvalue weighted by Crippen LogP contribution is -2.37. The van der Waals surface area contributed by atoms with Crippen molar-refractivity contribution < 1.29 is 9.59 Å². The maximum atomic E-state index is 13.7. The topological polar surface area (TPSA) is 52.7 Å². The number of hydrogen-bond donors (Lipinski definition) is 1. The fourth-order valence-electron chi connectivity index (χ4n) is 5.03. The van der Waals surface area contributed by atoms with Crippen molar-refractivity contribution in [1.29, 1.82) is 0 Å². The van der Waals surface area contributed by atoms with Crippen molar-refractivity contribution in [3.63, 3.8) is 0 Å². The van der Waals surface area contributed by atoms with Gasteiger partial charge < -0.3 is 15.1 Å². The van der Waals surface area contributed by atoms with Crippen LogP contribution in [0.1, 0.15) is 76.5 Å². The minimum Gasteiger partial charge on any atom is -0.377 e. The molecule has 0 bridgehead atoms. The van der Waals surface area contributed by atoms with Gasteiger partial charge in [0.25, 0.3) is 0 Å². The van der Waals surface area contributed by atoms with E-state index in [1.165, 1.54) is 0 Å². The zero-order valence-corrected chi connectivity index (χ0v) is 21.5. The van der Waals surface area contributed by atoms with E-state index in [0.717, 1.165) is 61.0 Å². The first-order chi connectivity index (χ1) is 16.3. The number of rotatable bonds is 10. The molecule has 2 aromatic rings. The number of anilines is 2. The second-order valence-corrected chi connectivity index (χ2v) is 9.77. The predicted molar refractivity (Wildman–Crippen MR) is 141 cm³/mol. The zero-order chi connectivity index (χ0) is 24.7. The van der Waals surface area contributed by atoms with Crippen LogP contribution in [0, 0.1) is 11.8 Å². The molecule has 184 valence electrons. The van der Waals surface area contributed by atoms with Crippen LogP contribution in [0.2, 0.25) is 0 Å². The molecule has 5 nitrogen and oxygen atoms in total. The Morgan fingerprint density at radius 1 is 1.00 bits per heavy atom. The van der Waals surface area contributed by atoms with Crippen molar-refractivity contribution in [3.8, 4) is 0 Å². The van der Waals surface area contributed by atoms with Crippen molar-refractivity contribution in [2.75, 3.05) is 24.3 Å². The summed E-state index contributed by atoms with van der Waals surface area (Å²) in [4.78, 5) is 30.5. The first kappa shape index (κ1) is 25.8. The van der Waals surface area contributed by atoms with E-state index in [4.69, 9.17) is 0 Å². The normalized spacial score (nSPS) is 14.8. The van der Waals surface area contributed by atoms with E-state index < -0.39 is 0 Å². The first-order valence-corrected chi connectivity index (χ1v) is 12.8. The van der Waals surface area contributed by atoms with Crippen molar-refractivity contribution in [2.45, 2.75) is 71.9 Å². The van der Waals surface area contributed by atoms with Gasteiger partial charge in [-0.25, -0.2) is 0 Å². The van der Waals surface area contributed by atoms with Crippen molar-refractivity contribution in [1.82, 2.24) is 4.90 Å². The Labute approximate surface area is 205 Å². The molecule has 1 atom stereocenters. The molecule has 1 aliphatic carbocycles. The van der Waals surface area contributed by atoms with Gasteiger partial charge in [-0.2, -0.15) is 0 Å². The van der Waals surface area contributed by atoms with Gasteiger partial charge in [-0.05, 0) is 61.9 Å². The smallest absolute Gasteiger partial charge is 0.227 e. The van der Waals surface area contributed by atoms with Crippen LogP contribution in [0.5, 0.6) is 0 Å². The average molecular weight is 464 g/mol. The Hall–Kier alpha value is -2.82. The molecule has 34 heavy (non-hydrogen) atoms. The average Bonchev–Trinajstić information content (AvgIpc) is 3.38. The molecule has 0 radical (unpaired) electrons. The van der Waals surface area contributed by atoms with Gasteiger partial charge in [0.1, 0.15) is 0 Å². The van der Waals surface area contributed by atoms with Crippen LogP contribution in [0.4, 0.5) is 11.4 Å². The van der Waals surface area contributed by atoms with Gasteiger partial charge in [-0.1, -0.05) is 57.0 Å². The lowest BCUT2D eigenvalue weighted by atomic mass is 9.98. The summed E-state index contributed by atoms with van der Waals surface area (Å²) in [6.45, 7) is 6.77. The number of hydrogen-bond acceptors (Lipinski definition) is 3. The fourth-order valence-corrected chi connectivity index (χ4v) is 5.03. The third-order valence-electron chi connectivity index (χ3n) is 7.26. The Morgan fingerprint density at radius 3 is 2.24 bits per heavy atom. The molecule has 0 aliphatic heterocycles. The van der Waals surface area contributed by atoms with Gasteiger partial charge in [0, 0.05) is 43.9 Å². The molecular weight excluding hydrogens is 422 g/mol. The van der Waals surface area contributed by atoms with Crippen LogP contribution >= 0.6 is 0 Å². The Bertz CT molecular complexity index is 947. The first-order valence-electron chi connectivity index (χ1n) is 12.8. The summed E-state index contributed by atoms with van der Waals surface area (Å²) in [7, 11) is 4.03. The van der Waals surface area contributed by atoms with E-state index in [9.17, 15) is 9.59 Å². The molecular formula is C29H41N3O2. The number of nitrogens with zero attached hydrogens (tertiary/aromatic N) is 2. The molecule has 0 spiro atoms. The molecule has 1 N–H and O–H groups in total. The summed E-state index contributed by atoms with van der Waals surface area (Å²) < 4.78 is 0. The van der Waals surface area contributed by atoms with E-state index >= 15 is 0 Å². The number of carbonyl (C=O) groups excluding carboxylic acids is 2. The van der Waals surface area contributed by atoms with Crippen LogP contribution in [-0.4, -0.2) is 30.8 Å². The lowest BCUT2D eigenvalue weighted by Gasteiger charge is -2.34. The van der Waals surface area contributed by atoms with Crippen LogP contribution in [0.3, 0.4) is 0 Å². The highest BCUT2D eigenvalue weighted by Crippen LogP contribution is 2.31. The Balaban J connectivity index is 1.93. The minimum atomic E-state index is -0.0546. The van der Waals surface area contributed by atoms with E-state index in [2.05, 4.69) is 43.1 Å². The van der Waals surface area contributed by atoms with Crippen LogP contribution < -0.4 is 10.2 Å². The highest BCUT2D eigenvalue weighted by molar-refractivity contribution is 5.93. The number of amides is 2. The van der Waals surface area contributed by atoms with E-state index in [0.29, 0.717) is 6.54 Å². The highest BCUT2D eigenvalue weighted by atomic mass is 16.2. The fraction of sp³-hybridized carbons (Fsp3) is 0.517. The molecule has 1 aliphatic rings. The molecule has 1 fully saturated rings. The van der Waals surface area contributed by atoms with Crippen molar-refractivity contribution in [2.24, 2.45) is 11.8 Å². The predicted octanol–water partition coefficient (Wildman–Crippen LogP) is 6.41. The van der Waals surface area contributed by atoms with E-state index in [1.54, 1.807) is 0 Å². The largest absolute Gasteiger partial charge is 0.377 e. The molecule has 0 heterocycles. The molecule has 2 aromatic carbocycles. The van der Waals surface area contributed by atoms with Gasteiger partial charge in [0.15, 0.2) is 0 Å². The van der Waals surface area contributed by atoms with Gasteiger partial charge in [-0.3, -0.25) is 9.59 Å². The maximum absolute atomic E-state index is 13.7. The number of benzene rings is 2. The molecule has 2 amide bonds. The molecule has 5 heteroatoms. The minimum absolute atomic E-state index is 0.000722. The van der Waals surface area contributed by atoms with Crippen molar-refractivity contribution >= 4 is 23.2 Å². The van der Waals surface area contributed by atoms with E-state index in [1.807, 2.05) is 55.4 Å². The second kappa shape index (κ2) is 12.0. The standard InChI is InChI=1S/C29H41N3O2/c1-6-22(7-2)29(34)32(21(3)23-13-9-8-10-14-23)20-25-19-26(17-18-27(25)31(4)5)30-28(33)24-15-11-12-16-24/h8-10,13-14,17-19,21-22,24H,6-7,11-12,15-16,20H2,1-5H3,(H,30,33). The summed E-state index contributed by atoms with van der Waals surface area (Å²) in [6, 6.07) is 16.2. The van der Waals surface area contributed by atoms with Crippen LogP contribution in [0.25, 0.3) is 0 Å².